The smallest absolute Gasteiger partial charge is 0.143 e. The number of hydrogen-bond donors (Lipinski definition) is 0. The number of furan rings is 1. The first kappa shape index (κ1) is 23.1. The van der Waals surface area contributed by atoms with Gasteiger partial charge in [-0.2, -0.15) is 0 Å². The van der Waals surface area contributed by atoms with Crippen LogP contribution >= 0.6 is 0 Å². The van der Waals surface area contributed by atoms with E-state index in [1.165, 1.54) is 38.4 Å². The van der Waals surface area contributed by atoms with E-state index in [0.29, 0.717) is 0 Å². The van der Waals surface area contributed by atoms with Gasteiger partial charge in [-0.15, -0.1) is 0 Å². The van der Waals surface area contributed by atoms with Crippen LogP contribution in [0.4, 0.5) is 0 Å². The lowest BCUT2D eigenvalue weighted by molar-refractivity contribution is 0.672. The Labute approximate surface area is 241 Å². The molecule has 0 unspecified atom stereocenters. The topological polar surface area (TPSA) is 30.4 Å². The van der Waals surface area contributed by atoms with Gasteiger partial charge in [-0.25, -0.2) is 4.98 Å². The minimum Gasteiger partial charge on any atom is -0.455 e. The van der Waals surface area contributed by atoms with E-state index in [0.717, 1.165) is 44.2 Å². The fourth-order valence-electron chi connectivity index (χ4n) is 6.29. The van der Waals surface area contributed by atoms with E-state index in [1.54, 1.807) is 0 Å². The van der Waals surface area contributed by atoms with E-state index in [4.69, 9.17) is 9.40 Å². The number of benzene rings is 6. The normalized spacial score (nSPS) is 11.8. The van der Waals surface area contributed by atoms with Gasteiger partial charge in [-0.05, 0) is 74.8 Å². The second-order valence-electron chi connectivity index (χ2n) is 10.9. The fourth-order valence-corrected chi connectivity index (χ4v) is 6.29. The summed E-state index contributed by atoms with van der Waals surface area (Å²) in [5, 5.41) is 7.09. The first-order valence-electron chi connectivity index (χ1n) is 14.2. The zero-order valence-corrected chi connectivity index (χ0v) is 22.7. The number of hydrogen-bond acceptors (Lipinski definition) is 2. The van der Waals surface area contributed by atoms with E-state index in [9.17, 15) is 0 Å². The highest BCUT2D eigenvalue weighted by Crippen LogP contribution is 2.40. The Bertz CT molecular complexity index is 2430. The molecule has 196 valence electrons. The molecule has 0 bridgehead atoms. The molecule has 0 saturated heterocycles. The number of aromatic nitrogens is 2. The predicted octanol–water partition coefficient (Wildman–Crippen LogP) is 10.5. The molecule has 0 saturated carbocycles. The van der Waals surface area contributed by atoms with E-state index in [2.05, 4.69) is 114 Å². The van der Waals surface area contributed by atoms with Gasteiger partial charge in [0.2, 0.25) is 0 Å². The van der Waals surface area contributed by atoms with Crippen LogP contribution in [0.3, 0.4) is 0 Å². The predicted molar refractivity (Wildman–Crippen MR) is 174 cm³/mol. The SMILES string of the molecule is c1ccc2c(c1)oc1c3ccccc3c(-c3ccc4cc(-c5ccc(-c6cn7ccccc7n6)cc5)ccc4c3)cc21. The molecule has 0 radical (unpaired) electrons. The number of pyridine rings is 1. The minimum atomic E-state index is 0.923. The highest BCUT2D eigenvalue weighted by Gasteiger charge is 2.15. The summed E-state index contributed by atoms with van der Waals surface area (Å²) in [6.07, 6.45) is 4.11. The Morgan fingerprint density at radius 2 is 1.17 bits per heavy atom. The van der Waals surface area contributed by atoms with Crippen molar-refractivity contribution in [2.75, 3.05) is 0 Å². The van der Waals surface area contributed by atoms with E-state index < -0.39 is 0 Å². The van der Waals surface area contributed by atoms with E-state index in [1.807, 2.05) is 36.5 Å². The van der Waals surface area contributed by atoms with Crippen molar-refractivity contribution in [3.8, 4) is 33.5 Å². The third-order valence-electron chi connectivity index (χ3n) is 8.41. The highest BCUT2D eigenvalue weighted by molar-refractivity contribution is 6.19. The molecule has 9 aromatic rings. The molecule has 3 heteroatoms. The maximum Gasteiger partial charge on any atom is 0.143 e. The third kappa shape index (κ3) is 3.57. The summed E-state index contributed by atoms with van der Waals surface area (Å²) >= 11 is 0. The van der Waals surface area contributed by atoms with E-state index >= 15 is 0 Å². The molecule has 6 aromatic carbocycles. The van der Waals surface area contributed by atoms with Crippen molar-refractivity contribution in [1.82, 2.24) is 9.38 Å². The quantitative estimate of drug-likeness (QED) is 0.225. The van der Waals surface area contributed by atoms with Crippen LogP contribution in [-0.2, 0) is 0 Å². The first-order chi connectivity index (χ1) is 20.8. The van der Waals surface area contributed by atoms with E-state index in [-0.39, 0.29) is 0 Å². The van der Waals surface area contributed by atoms with Crippen molar-refractivity contribution in [3.05, 3.63) is 146 Å². The Kier molecular flexibility index (Phi) is 4.90. The fraction of sp³-hybridized carbons (Fsp3) is 0. The first-order valence-corrected chi connectivity index (χ1v) is 14.2. The molecule has 9 rings (SSSR count). The lowest BCUT2D eigenvalue weighted by Crippen LogP contribution is -1.85. The van der Waals surface area contributed by atoms with Crippen molar-refractivity contribution in [1.29, 1.82) is 0 Å². The van der Waals surface area contributed by atoms with Gasteiger partial charge in [0.25, 0.3) is 0 Å². The molecule has 0 N–H and O–H groups in total. The molecular formula is C39H24N2O. The molecule has 3 nitrogen and oxygen atoms in total. The standard InChI is InChI=1S/C39H24N2O/c1-2-9-33-31(7-1)34(23-35-32-8-3-4-10-37(32)42-39(33)35)30-19-18-28-21-27(16-17-29(28)22-30)25-12-14-26(15-13-25)36-24-41-20-6-5-11-38(41)40-36/h1-24H. The van der Waals surface area contributed by atoms with Gasteiger partial charge in [0.1, 0.15) is 16.8 Å². The summed E-state index contributed by atoms with van der Waals surface area (Å²) in [4.78, 5) is 4.76. The largest absolute Gasteiger partial charge is 0.455 e. The minimum absolute atomic E-state index is 0.923. The molecule has 3 heterocycles. The maximum atomic E-state index is 6.32. The van der Waals surface area contributed by atoms with Crippen LogP contribution in [0.5, 0.6) is 0 Å². The maximum absolute atomic E-state index is 6.32. The molecule has 0 fully saturated rings. The molecule has 3 aromatic heterocycles. The molecule has 0 atom stereocenters. The summed E-state index contributed by atoms with van der Waals surface area (Å²) < 4.78 is 8.38. The van der Waals surface area contributed by atoms with Crippen LogP contribution in [0.1, 0.15) is 0 Å². The number of para-hydroxylation sites is 1. The number of rotatable bonds is 3. The lowest BCUT2D eigenvalue weighted by Gasteiger charge is -2.11. The van der Waals surface area contributed by atoms with Crippen molar-refractivity contribution in [3.63, 3.8) is 0 Å². The van der Waals surface area contributed by atoms with Crippen molar-refractivity contribution in [2.24, 2.45) is 0 Å². The molecular weight excluding hydrogens is 512 g/mol. The second kappa shape index (κ2) is 8.92. The summed E-state index contributed by atoms with van der Waals surface area (Å²) in [6.45, 7) is 0. The van der Waals surface area contributed by atoms with Crippen LogP contribution in [0.25, 0.3) is 82.6 Å². The second-order valence-corrected chi connectivity index (χ2v) is 10.9. The van der Waals surface area contributed by atoms with Gasteiger partial charge in [0.05, 0.1) is 5.69 Å². The Hall–Kier alpha value is -5.67. The van der Waals surface area contributed by atoms with Crippen LogP contribution in [0.2, 0.25) is 0 Å². The van der Waals surface area contributed by atoms with Crippen molar-refractivity contribution < 1.29 is 4.42 Å². The Balaban J connectivity index is 1.11. The Morgan fingerprint density at radius 1 is 0.500 bits per heavy atom. The number of fused-ring (bicyclic) bond motifs is 7. The zero-order valence-electron chi connectivity index (χ0n) is 22.7. The molecule has 42 heavy (non-hydrogen) atoms. The molecule has 0 aliphatic heterocycles. The average Bonchev–Trinajstić information content (AvgIpc) is 3.66. The highest BCUT2D eigenvalue weighted by atomic mass is 16.3. The lowest BCUT2D eigenvalue weighted by atomic mass is 9.93. The van der Waals surface area contributed by atoms with Gasteiger partial charge in [-0.1, -0.05) is 97.1 Å². The van der Waals surface area contributed by atoms with Crippen LogP contribution < -0.4 is 0 Å². The van der Waals surface area contributed by atoms with Gasteiger partial charge >= 0.3 is 0 Å². The molecule has 0 amide bonds. The number of nitrogens with zero attached hydrogens (tertiary/aromatic N) is 2. The average molecular weight is 537 g/mol. The van der Waals surface area contributed by atoms with Crippen molar-refractivity contribution >= 4 is 49.1 Å². The Morgan fingerprint density at radius 3 is 2.00 bits per heavy atom. The van der Waals surface area contributed by atoms with Gasteiger partial charge < -0.3 is 8.82 Å². The number of imidazole rings is 1. The summed E-state index contributed by atoms with van der Waals surface area (Å²) in [5.41, 5.74) is 9.74. The summed E-state index contributed by atoms with van der Waals surface area (Å²) in [6, 6.07) is 47.4. The molecule has 0 aliphatic rings. The van der Waals surface area contributed by atoms with Gasteiger partial charge in [-0.3, -0.25) is 0 Å². The monoisotopic (exact) mass is 536 g/mol. The molecule has 0 aliphatic carbocycles. The van der Waals surface area contributed by atoms with Crippen LogP contribution in [0.15, 0.2) is 150 Å². The van der Waals surface area contributed by atoms with Crippen molar-refractivity contribution in [2.45, 2.75) is 0 Å². The third-order valence-corrected chi connectivity index (χ3v) is 8.41. The van der Waals surface area contributed by atoms with Gasteiger partial charge in [0.15, 0.2) is 0 Å². The molecule has 0 spiro atoms. The summed E-state index contributed by atoms with van der Waals surface area (Å²) in [7, 11) is 0. The van der Waals surface area contributed by atoms with Gasteiger partial charge in [0, 0.05) is 34.1 Å². The zero-order chi connectivity index (χ0) is 27.6. The van der Waals surface area contributed by atoms with Crippen LogP contribution in [-0.4, -0.2) is 9.38 Å². The summed E-state index contributed by atoms with van der Waals surface area (Å²) in [5.74, 6) is 0. The van der Waals surface area contributed by atoms with Crippen LogP contribution in [0, 0.1) is 0 Å².